The van der Waals surface area contributed by atoms with E-state index in [1.807, 2.05) is 13.0 Å². The number of carboxylic acids is 2. The second kappa shape index (κ2) is 14.0. The summed E-state index contributed by atoms with van der Waals surface area (Å²) in [5.41, 5.74) is 2.20. The van der Waals surface area contributed by atoms with Gasteiger partial charge in [-0.25, -0.2) is 9.59 Å². The molecule has 0 unspecified atom stereocenters. The lowest BCUT2D eigenvalue weighted by Gasteiger charge is -2.20. The fourth-order valence-corrected chi connectivity index (χ4v) is 3.05. The van der Waals surface area contributed by atoms with Crippen LogP contribution in [0.1, 0.15) is 43.3 Å². The molecule has 0 saturated heterocycles. The average molecular weight is 557 g/mol. The largest absolute Gasteiger partial charge is 0.490 e. The maximum absolute atomic E-state index is 10.6. The highest BCUT2D eigenvalue weighted by atomic mass is 19.4. The number of alkyl halides is 6. The molecule has 214 valence electrons. The number of carbonyl (C=O) groups is 2. The number of carboxylic acid groups (broad SMARTS) is 2. The topological polar surface area (TPSA) is 125 Å². The standard InChI is InChI=1S/C18H28N6.2C2HF3O2/c1-14(2)22(4)12-17-20-21-18-13-23(9-6-10-24(17)18)11-16-8-5-7-15(3)19-16;2*3-2(4,5)1(6)7/h5,7-8,14H,6,9-13H2,1-4H3;2*(H,6,7). The van der Waals surface area contributed by atoms with Crippen LogP contribution in [0, 0.1) is 6.92 Å². The Morgan fingerprint density at radius 2 is 1.58 bits per heavy atom. The first-order valence-corrected chi connectivity index (χ1v) is 11.3. The van der Waals surface area contributed by atoms with Crippen molar-refractivity contribution in [1.29, 1.82) is 0 Å². The minimum atomic E-state index is -5.08. The summed E-state index contributed by atoms with van der Waals surface area (Å²) < 4.78 is 65.8. The number of hydrogen-bond donors (Lipinski definition) is 2. The molecule has 0 amide bonds. The molecule has 3 rings (SSSR count). The van der Waals surface area contributed by atoms with Crippen LogP contribution in [-0.2, 0) is 35.8 Å². The van der Waals surface area contributed by atoms with Crippen molar-refractivity contribution in [3.63, 3.8) is 0 Å². The van der Waals surface area contributed by atoms with Gasteiger partial charge in [0.05, 0.1) is 18.8 Å². The van der Waals surface area contributed by atoms with Crippen LogP contribution in [0.15, 0.2) is 18.2 Å². The minimum absolute atomic E-state index is 0.507. The first-order chi connectivity index (χ1) is 17.4. The molecule has 0 aliphatic carbocycles. The molecule has 1 aliphatic heterocycles. The summed E-state index contributed by atoms with van der Waals surface area (Å²) in [5, 5.41) is 23.2. The highest BCUT2D eigenvalue weighted by molar-refractivity contribution is 5.73. The van der Waals surface area contributed by atoms with E-state index in [2.05, 4.69) is 62.6 Å². The summed E-state index contributed by atoms with van der Waals surface area (Å²) in [5.74, 6) is -3.36. The quantitative estimate of drug-likeness (QED) is 0.533. The zero-order valence-electron chi connectivity index (χ0n) is 21.2. The van der Waals surface area contributed by atoms with Gasteiger partial charge in [-0.05, 0) is 46.4 Å². The van der Waals surface area contributed by atoms with Crippen molar-refractivity contribution in [2.24, 2.45) is 0 Å². The van der Waals surface area contributed by atoms with Gasteiger partial charge in [-0.2, -0.15) is 26.3 Å². The molecule has 0 fully saturated rings. The van der Waals surface area contributed by atoms with E-state index >= 15 is 0 Å². The molecule has 0 radical (unpaired) electrons. The predicted octanol–water partition coefficient (Wildman–Crippen LogP) is 3.49. The number of hydrogen-bond acceptors (Lipinski definition) is 7. The Kier molecular flexibility index (Phi) is 12.1. The van der Waals surface area contributed by atoms with Crippen LogP contribution in [0.3, 0.4) is 0 Å². The second-order valence-electron chi connectivity index (χ2n) is 8.63. The Bertz CT molecular complexity index is 1030. The number of nitrogens with zero attached hydrogens (tertiary/aromatic N) is 6. The molecular formula is C22H30F6N6O4. The Morgan fingerprint density at radius 1 is 1.03 bits per heavy atom. The number of aliphatic carboxylic acids is 2. The highest BCUT2D eigenvalue weighted by Gasteiger charge is 2.38. The molecule has 0 atom stereocenters. The molecule has 0 saturated carbocycles. The van der Waals surface area contributed by atoms with Crippen molar-refractivity contribution in [3.8, 4) is 0 Å². The smallest absolute Gasteiger partial charge is 0.475 e. The van der Waals surface area contributed by atoms with E-state index in [0.717, 1.165) is 62.2 Å². The Labute approximate surface area is 214 Å². The zero-order chi connectivity index (χ0) is 29.3. The van der Waals surface area contributed by atoms with Crippen LogP contribution in [0.25, 0.3) is 0 Å². The normalized spacial score (nSPS) is 14.1. The van der Waals surface area contributed by atoms with E-state index in [1.165, 1.54) is 0 Å². The van der Waals surface area contributed by atoms with Crippen LogP contribution in [0.5, 0.6) is 0 Å². The number of aromatic nitrogens is 4. The Balaban J connectivity index is 0.000000426. The number of rotatable bonds is 5. The van der Waals surface area contributed by atoms with E-state index in [4.69, 9.17) is 19.8 Å². The highest BCUT2D eigenvalue weighted by Crippen LogP contribution is 2.17. The number of halogens is 6. The van der Waals surface area contributed by atoms with E-state index in [-0.39, 0.29) is 0 Å². The van der Waals surface area contributed by atoms with Gasteiger partial charge in [-0.15, -0.1) is 10.2 Å². The maximum Gasteiger partial charge on any atom is 0.490 e. The SMILES string of the molecule is Cc1cccc(CN2CCCn3c(nnc3CN(C)C(C)C)C2)n1.O=C(O)C(F)(F)F.O=C(O)C(F)(F)F. The van der Waals surface area contributed by atoms with Gasteiger partial charge in [0.2, 0.25) is 0 Å². The fraction of sp³-hybridized carbons (Fsp3) is 0.591. The zero-order valence-corrected chi connectivity index (χ0v) is 21.2. The van der Waals surface area contributed by atoms with Crippen molar-refractivity contribution in [2.75, 3.05) is 13.6 Å². The lowest BCUT2D eigenvalue weighted by Crippen LogP contribution is -2.27. The van der Waals surface area contributed by atoms with Gasteiger partial charge in [0, 0.05) is 31.4 Å². The molecular weight excluding hydrogens is 526 g/mol. The van der Waals surface area contributed by atoms with Crippen molar-refractivity contribution in [1.82, 2.24) is 29.5 Å². The summed E-state index contributed by atoms with van der Waals surface area (Å²) in [6.45, 7) is 11.1. The monoisotopic (exact) mass is 556 g/mol. The second-order valence-corrected chi connectivity index (χ2v) is 8.63. The third-order valence-electron chi connectivity index (χ3n) is 5.21. The molecule has 2 N–H and O–H groups in total. The predicted molar refractivity (Wildman–Crippen MR) is 122 cm³/mol. The van der Waals surface area contributed by atoms with Crippen molar-refractivity contribution in [2.45, 2.75) is 71.8 Å². The molecule has 0 spiro atoms. The maximum atomic E-state index is 10.6. The van der Waals surface area contributed by atoms with Crippen LogP contribution in [-0.4, -0.2) is 83.7 Å². The van der Waals surface area contributed by atoms with E-state index in [0.29, 0.717) is 6.04 Å². The molecule has 2 aromatic heterocycles. The van der Waals surface area contributed by atoms with E-state index in [1.54, 1.807) is 0 Å². The van der Waals surface area contributed by atoms with Crippen LogP contribution < -0.4 is 0 Å². The molecule has 0 bridgehead atoms. The van der Waals surface area contributed by atoms with Gasteiger partial charge in [0.1, 0.15) is 11.6 Å². The molecule has 38 heavy (non-hydrogen) atoms. The van der Waals surface area contributed by atoms with Gasteiger partial charge >= 0.3 is 24.3 Å². The molecule has 10 nitrogen and oxygen atoms in total. The first-order valence-electron chi connectivity index (χ1n) is 11.3. The van der Waals surface area contributed by atoms with Crippen LogP contribution in [0.4, 0.5) is 26.3 Å². The van der Waals surface area contributed by atoms with E-state index in [9.17, 15) is 26.3 Å². The summed E-state index contributed by atoms with van der Waals surface area (Å²) in [7, 11) is 2.14. The van der Waals surface area contributed by atoms with Gasteiger partial charge in [0.25, 0.3) is 0 Å². The van der Waals surface area contributed by atoms with Gasteiger partial charge in [-0.1, -0.05) is 6.07 Å². The number of pyridine rings is 1. The Morgan fingerprint density at radius 3 is 2.05 bits per heavy atom. The fourth-order valence-electron chi connectivity index (χ4n) is 3.05. The third kappa shape index (κ3) is 11.4. The summed E-state index contributed by atoms with van der Waals surface area (Å²) >= 11 is 0. The van der Waals surface area contributed by atoms with Crippen molar-refractivity contribution < 1.29 is 46.1 Å². The molecule has 16 heteroatoms. The summed E-state index contributed by atoms with van der Waals surface area (Å²) in [4.78, 5) is 27.1. The van der Waals surface area contributed by atoms with Crippen molar-refractivity contribution >= 4 is 11.9 Å². The first kappa shape index (κ1) is 32.8. The van der Waals surface area contributed by atoms with Crippen LogP contribution >= 0.6 is 0 Å². The van der Waals surface area contributed by atoms with Gasteiger partial charge in [0.15, 0.2) is 0 Å². The Hall–Kier alpha value is -3.27. The lowest BCUT2D eigenvalue weighted by atomic mass is 10.3. The third-order valence-corrected chi connectivity index (χ3v) is 5.21. The molecule has 3 heterocycles. The minimum Gasteiger partial charge on any atom is -0.475 e. The van der Waals surface area contributed by atoms with Gasteiger partial charge in [-0.3, -0.25) is 14.8 Å². The summed E-state index contributed by atoms with van der Waals surface area (Å²) in [6, 6.07) is 6.73. The van der Waals surface area contributed by atoms with Crippen LogP contribution in [0.2, 0.25) is 0 Å². The molecule has 0 aromatic carbocycles. The molecule has 2 aromatic rings. The average Bonchev–Trinajstić information content (AvgIpc) is 3.02. The number of fused-ring (bicyclic) bond motifs is 1. The lowest BCUT2D eigenvalue weighted by molar-refractivity contribution is -0.193. The molecule has 1 aliphatic rings. The summed E-state index contributed by atoms with van der Waals surface area (Å²) in [6.07, 6.45) is -9.05. The van der Waals surface area contributed by atoms with Crippen molar-refractivity contribution in [3.05, 3.63) is 41.2 Å². The van der Waals surface area contributed by atoms with Gasteiger partial charge < -0.3 is 14.8 Å². The number of aryl methyl sites for hydroxylation is 1. The van der Waals surface area contributed by atoms with E-state index < -0.39 is 24.3 Å².